The first-order chi connectivity index (χ1) is 14.1. The Morgan fingerprint density at radius 1 is 0.966 bits per heavy atom. The second kappa shape index (κ2) is 10.7. The van der Waals surface area contributed by atoms with Crippen molar-refractivity contribution in [3.8, 4) is 11.5 Å². The Balaban J connectivity index is 1.62. The number of aliphatic hydroxyl groups excluding tert-OH is 1. The average molecular weight is 395 g/mol. The zero-order valence-corrected chi connectivity index (χ0v) is 17.1. The number of rotatable bonds is 11. The summed E-state index contributed by atoms with van der Waals surface area (Å²) in [6.45, 7) is 6.60. The van der Waals surface area contributed by atoms with Gasteiger partial charge in [-0.3, -0.25) is 4.90 Å². The molecular formula is C24H29NO4. The van der Waals surface area contributed by atoms with Gasteiger partial charge in [-0.2, -0.15) is 0 Å². The molecule has 1 unspecified atom stereocenters. The number of hydrogen-bond acceptors (Lipinski definition) is 5. The van der Waals surface area contributed by atoms with Gasteiger partial charge in [-0.05, 0) is 61.4 Å². The van der Waals surface area contributed by atoms with E-state index in [1.807, 2.05) is 68.4 Å². The Kier molecular flexibility index (Phi) is 7.73. The SMILES string of the molecule is CCOc1cccc(CN(Cc2ccco2)CC(O)COc2cccc(C)c2)c1. The van der Waals surface area contributed by atoms with Gasteiger partial charge in [-0.1, -0.05) is 24.3 Å². The van der Waals surface area contributed by atoms with E-state index in [0.717, 1.165) is 28.4 Å². The quantitative estimate of drug-likeness (QED) is 0.521. The van der Waals surface area contributed by atoms with Gasteiger partial charge >= 0.3 is 0 Å². The van der Waals surface area contributed by atoms with Crippen molar-refractivity contribution in [3.63, 3.8) is 0 Å². The highest BCUT2D eigenvalue weighted by atomic mass is 16.5. The summed E-state index contributed by atoms with van der Waals surface area (Å²) in [4.78, 5) is 2.15. The Morgan fingerprint density at radius 3 is 2.48 bits per heavy atom. The van der Waals surface area contributed by atoms with Gasteiger partial charge in [0, 0.05) is 13.1 Å². The maximum Gasteiger partial charge on any atom is 0.119 e. The van der Waals surface area contributed by atoms with E-state index in [4.69, 9.17) is 13.9 Å². The highest BCUT2D eigenvalue weighted by Crippen LogP contribution is 2.17. The van der Waals surface area contributed by atoms with E-state index in [0.29, 0.717) is 26.2 Å². The minimum Gasteiger partial charge on any atom is -0.494 e. The largest absolute Gasteiger partial charge is 0.494 e. The zero-order valence-electron chi connectivity index (χ0n) is 17.1. The van der Waals surface area contributed by atoms with Crippen molar-refractivity contribution in [2.24, 2.45) is 0 Å². The molecule has 0 fully saturated rings. The first-order valence-electron chi connectivity index (χ1n) is 9.96. The van der Waals surface area contributed by atoms with E-state index in [-0.39, 0.29) is 6.61 Å². The van der Waals surface area contributed by atoms with Crippen LogP contribution in [-0.2, 0) is 13.1 Å². The maximum atomic E-state index is 10.6. The van der Waals surface area contributed by atoms with Crippen molar-refractivity contribution in [1.82, 2.24) is 4.90 Å². The molecule has 0 radical (unpaired) electrons. The second-order valence-corrected chi connectivity index (χ2v) is 7.11. The van der Waals surface area contributed by atoms with Crippen molar-refractivity contribution in [2.45, 2.75) is 33.0 Å². The van der Waals surface area contributed by atoms with Crippen LogP contribution in [0.5, 0.6) is 11.5 Å². The second-order valence-electron chi connectivity index (χ2n) is 7.11. The molecule has 0 saturated heterocycles. The van der Waals surface area contributed by atoms with Gasteiger partial charge in [0.05, 0.1) is 19.4 Å². The number of benzene rings is 2. The van der Waals surface area contributed by atoms with Crippen LogP contribution in [-0.4, -0.2) is 35.9 Å². The molecule has 5 heteroatoms. The molecule has 1 N–H and O–H groups in total. The van der Waals surface area contributed by atoms with Gasteiger partial charge in [0.25, 0.3) is 0 Å². The lowest BCUT2D eigenvalue weighted by Gasteiger charge is -2.24. The van der Waals surface area contributed by atoms with Crippen LogP contribution in [0.4, 0.5) is 0 Å². The van der Waals surface area contributed by atoms with E-state index in [9.17, 15) is 5.11 Å². The average Bonchev–Trinajstić information content (AvgIpc) is 3.20. The number of nitrogens with zero attached hydrogens (tertiary/aromatic N) is 1. The monoisotopic (exact) mass is 395 g/mol. The summed E-state index contributed by atoms with van der Waals surface area (Å²) < 4.78 is 16.9. The first-order valence-corrected chi connectivity index (χ1v) is 9.96. The van der Waals surface area contributed by atoms with E-state index in [1.165, 1.54) is 0 Å². The molecule has 0 aliphatic rings. The lowest BCUT2D eigenvalue weighted by molar-refractivity contribution is 0.0604. The number of ether oxygens (including phenoxy) is 2. The van der Waals surface area contributed by atoms with E-state index < -0.39 is 6.10 Å². The molecule has 3 aromatic rings. The fourth-order valence-electron chi connectivity index (χ4n) is 3.21. The number of furan rings is 1. The van der Waals surface area contributed by atoms with Crippen LogP contribution in [0.2, 0.25) is 0 Å². The van der Waals surface area contributed by atoms with Gasteiger partial charge in [-0.25, -0.2) is 0 Å². The molecule has 29 heavy (non-hydrogen) atoms. The minimum atomic E-state index is -0.624. The van der Waals surface area contributed by atoms with Gasteiger partial charge < -0.3 is 19.0 Å². The lowest BCUT2D eigenvalue weighted by atomic mass is 10.2. The third-order valence-electron chi connectivity index (χ3n) is 4.48. The molecule has 1 atom stereocenters. The van der Waals surface area contributed by atoms with Gasteiger partial charge in [-0.15, -0.1) is 0 Å². The molecule has 1 aromatic heterocycles. The number of aliphatic hydroxyl groups is 1. The van der Waals surface area contributed by atoms with Crippen molar-refractivity contribution in [1.29, 1.82) is 0 Å². The Hall–Kier alpha value is -2.76. The first kappa shape index (κ1) is 21.0. The molecule has 2 aromatic carbocycles. The molecular weight excluding hydrogens is 366 g/mol. The van der Waals surface area contributed by atoms with Gasteiger partial charge in [0.15, 0.2) is 0 Å². The van der Waals surface area contributed by atoms with Crippen LogP contribution in [0.25, 0.3) is 0 Å². The molecule has 1 heterocycles. The highest BCUT2D eigenvalue weighted by molar-refractivity contribution is 5.29. The molecule has 0 saturated carbocycles. The van der Waals surface area contributed by atoms with Gasteiger partial charge in [0.2, 0.25) is 0 Å². The summed E-state index contributed by atoms with van der Waals surface area (Å²) in [5, 5.41) is 10.6. The summed E-state index contributed by atoms with van der Waals surface area (Å²) >= 11 is 0. The van der Waals surface area contributed by atoms with E-state index in [1.54, 1.807) is 6.26 Å². The fraction of sp³-hybridized carbons (Fsp3) is 0.333. The van der Waals surface area contributed by atoms with Crippen molar-refractivity contribution in [3.05, 3.63) is 83.8 Å². The maximum absolute atomic E-state index is 10.6. The van der Waals surface area contributed by atoms with Crippen molar-refractivity contribution >= 4 is 0 Å². The summed E-state index contributed by atoms with van der Waals surface area (Å²) in [6.07, 6.45) is 1.04. The van der Waals surface area contributed by atoms with Crippen LogP contribution in [0, 0.1) is 6.92 Å². The molecule has 0 aliphatic heterocycles. The Bertz CT molecular complexity index is 863. The lowest BCUT2D eigenvalue weighted by Crippen LogP contribution is -2.35. The topological polar surface area (TPSA) is 55.1 Å². The van der Waals surface area contributed by atoms with Crippen LogP contribution in [0.1, 0.15) is 23.8 Å². The van der Waals surface area contributed by atoms with Crippen LogP contribution < -0.4 is 9.47 Å². The van der Waals surface area contributed by atoms with Crippen LogP contribution in [0.3, 0.4) is 0 Å². The minimum absolute atomic E-state index is 0.233. The molecule has 3 rings (SSSR count). The predicted molar refractivity (Wildman–Crippen MR) is 113 cm³/mol. The number of hydrogen-bond donors (Lipinski definition) is 1. The molecule has 0 amide bonds. The van der Waals surface area contributed by atoms with Crippen molar-refractivity contribution < 1.29 is 19.0 Å². The summed E-state index contributed by atoms with van der Waals surface area (Å²) in [5.74, 6) is 2.48. The Labute approximate surface area is 172 Å². The normalized spacial score (nSPS) is 12.1. The smallest absolute Gasteiger partial charge is 0.119 e. The van der Waals surface area contributed by atoms with Crippen LogP contribution in [0.15, 0.2) is 71.3 Å². The molecule has 0 spiro atoms. The van der Waals surface area contributed by atoms with E-state index >= 15 is 0 Å². The summed E-state index contributed by atoms with van der Waals surface area (Å²) in [6, 6.07) is 19.7. The molecule has 0 aliphatic carbocycles. The predicted octanol–water partition coefficient (Wildman–Crippen LogP) is 4.43. The van der Waals surface area contributed by atoms with Crippen molar-refractivity contribution in [2.75, 3.05) is 19.8 Å². The molecule has 0 bridgehead atoms. The van der Waals surface area contributed by atoms with Crippen LogP contribution >= 0.6 is 0 Å². The third-order valence-corrected chi connectivity index (χ3v) is 4.48. The fourth-order valence-corrected chi connectivity index (χ4v) is 3.21. The molecule has 5 nitrogen and oxygen atoms in total. The highest BCUT2D eigenvalue weighted by Gasteiger charge is 2.15. The standard InChI is InChI=1S/C24H29NO4/c1-3-27-23-10-5-8-20(14-23)15-25(17-24-11-6-12-28-24)16-21(26)18-29-22-9-4-7-19(2)13-22/h4-14,21,26H,3,15-18H2,1-2H3. The van der Waals surface area contributed by atoms with Gasteiger partial charge in [0.1, 0.15) is 30.0 Å². The Morgan fingerprint density at radius 2 is 1.76 bits per heavy atom. The molecule has 154 valence electrons. The summed E-state index contributed by atoms with van der Waals surface area (Å²) in [7, 11) is 0. The summed E-state index contributed by atoms with van der Waals surface area (Å²) in [5.41, 5.74) is 2.25. The van der Waals surface area contributed by atoms with E-state index in [2.05, 4.69) is 11.0 Å². The zero-order chi connectivity index (χ0) is 20.5. The number of aryl methyl sites for hydroxylation is 1. The third kappa shape index (κ3) is 6.97.